The van der Waals surface area contributed by atoms with Crippen molar-refractivity contribution >= 4 is 5.91 Å². The van der Waals surface area contributed by atoms with Gasteiger partial charge in [-0.05, 0) is 44.2 Å². The van der Waals surface area contributed by atoms with Gasteiger partial charge in [0.1, 0.15) is 5.82 Å². The van der Waals surface area contributed by atoms with E-state index >= 15 is 0 Å². The van der Waals surface area contributed by atoms with Crippen molar-refractivity contribution < 1.29 is 4.79 Å². The number of hydrogen-bond donors (Lipinski definition) is 0. The van der Waals surface area contributed by atoms with Gasteiger partial charge in [-0.3, -0.25) is 9.69 Å². The maximum absolute atomic E-state index is 12.7. The summed E-state index contributed by atoms with van der Waals surface area (Å²) < 4.78 is 2.09. The monoisotopic (exact) mass is 366 g/mol. The number of carbonyl (C=O) groups is 1. The normalized spacial score (nSPS) is 19.7. The van der Waals surface area contributed by atoms with Crippen molar-refractivity contribution in [3.63, 3.8) is 0 Å². The van der Waals surface area contributed by atoms with Crippen LogP contribution < -0.4 is 0 Å². The molecule has 5 heteroatoms. The van der Waals surface area contributed by atoms with Gasteiger partial charge in [0.05, 0.1) is 0 Å². The Hall–Kier alpha value is -2.14. The number of hydrogen-bond acceptors (Lipinski definition) is 3. The summed E-state index contributed by atoms with van der Waals surface area (Å²) in [4.78, 5) is 21.7. The van der Waals surface area contributed by atoms with Gasteiger partial charge < -0.3 is 9.47 Å². The van der Waals surface area contributed by atoms with E-state index in [9.17, 15) is 4.79 Å². The van der Waals surface area contributed by atoms with Gasteiger partial charge in [-0.15, -0.1) is 0 Å². The summed E-state index contributed by atoms with van der Waals surface area (Å²) in [7, 11) is 0. The summed E-state index contributed by atoms with van der Waals surface area (Å²) in [6, 6.07) is 9.58. The number of piperidine rings is 1. The second-order valence-electron chi connectivity index (χ2n) is 8.04. The van der Waals surface area contributed by atoms with E-state index in [2.05, 4.69) is 50.5 Å². The van der Waals surface area contributed by atoms with Crippen LogP contribution in [0.4, 0.5) is 0 Å². The molecule has 2 aromatic rings. The Morgan fingerprint density at radius 2 is 1.93 bits per heavy atom. The zero-order valence-electron chi connectivity index (χ0n) is 16.5. The number of carbonyl (C=O) groups excluding carboxylic acids is 1. The van der Waals surface area contributed by atoms with Crippen LogP contribution in [0.1, 0.15) is 49.2 Å². The molecule has 2 aliphatic rings. The van der Waals surface area contributed by atoms with Gasteiger partial charge in [-0.25, -0.2) is 4.98 Å². The molecule has 1 atom stereocenters. The Morgan fingerprint density at radius 3 is 2.63 bits per heavy atom. The fourth-order valence-electron chi connectivity index (χ4n) is 4.64. The molecule has 144 valence electrons. The van der Waals surface area contributed by atoms with Crippen LogP contribution in [0.5, 0.6) is 0 Å². The average Bonchev–Trinajstić information content (AvgIpc) is 3.14. The first-order valence-electron chi connectivity index (χ1n) is 10.2. The van der Waals surface area contributed by atoms with Crippen LogP contribution in [0, 0.1) is 6.92 Å². The molecular formula is C22H30N4O. The first-order valence-corrected chi connectivity index (χ1v) is 10.2. The maximum Gasteiger partial charge on any atom is 0.224 e. The molecule has 4 rings (SSSR count). The highest BCUT2D eigenvalue weighted by Crippen LogP contribution is 2.25. The zero-order valence-corrected chi connectivity index (χ0v) is 16.5. The SMILES string of the molecule is Cc1nccn1[C@@H](C)CC(=O)N1CCC(N2CCc3ccccc3C2)CC1. The van der Waals surface area contributed by atoms with Crippen LogP contribution >= 0.6 is 0 Å². The average molecular weight is 367 g/mol. The molecule has 0 saturated carbocycles. The van der Waals surface area contributed by atoms with Gasteiger partial charge >= 0.3 is 0 Å². The molecule has 0 aliphatic carbocycles. The van der Waals surface area contributed by atoms with Crippen molar-refractivity contribution in [2.75, 3.05) is 19.6 Å². The third kappa shape index (κ3) is 3.93. The lowest BCUT2D eigenvalue weighted by atomic mass is 9.95. The Morgan fingerprint density at radius 1 is 1.19 bits per heavy atom. The molecular weight excluding hydrogens is 336 g/mol. The van der Waals surface area contributed by atoms with Crippen LogP contribution in [-0.2, 0) is 17.8 Å². The van der Waals surface area contributed by atoms with Crippen LogP contribution in [0.25, 0.3) is 0 Å². The largest absolute Gasteiger partial charge is 0.343 e. The lowest BCUT2D eigenvalue weighted by molar-refractivity contribution is -0.133. The van der Waals surface area contributed by atoms with Crippen molar-refractivity contribution in [2.45, 2.75) is 58.2 Å². The summed E-state index contributed by atoms with van der Waals surface area (Å²) >= 11 is 0. The quantitative estimate of drug-likeness (QED) is 0.834. The molecule has 1 fully saturated rings. The fraction of sp³-hybridized carbons (Fsp3) is 0.545. The molecule has 2 aliphatic heterocycles. The first-order chi connectivity index (χ1) is 13.1. The van der Waals surface area contributed by atoms with E-state index in [1.807, 2.05) is 13.1 Å². The number of likely N-dealkylation sites (tertiary alicyclic amines) is 1. The van der Waals surface area contributed by atoms with E-state index in [4.69, 9.17) is 0 Å². The van der Waals surface area contributed by atoms with Crippen LogP contribution in [0.2, 0.25) is 0 Å². The van der Waals surface area contributed by atoms with E-state index < -0.39 is 0 Å². The minimum Gasteiger partial charge on any atom is -0.343 e. The third-order valence-corrected chi connectivity index (χ3v) is 6.30. The molecule has 1 aromatic carbocycles. The number of aryl methyl sites for hydroxylation is 1. The Bertz CT molecular complexity index is 791. The molecule has 0 unspecified atom stereocenters. The molecule has 1 saturated heterocycles. The van der Waals surface area contributed by atoms with Crippen molar-refractivity contribution in [3.8, 4) is 0 Å². The minimum atomic E-state index is 0.163. The van der Waals surface area contributed by atoms with Gasteiger partial charge in [0, 0.05) is 57.1 Å². The van der Waals surface area contributed by atoms with Crippen molar-refractivity contribution in [1.29, 1.82) is 0 Å². The van der Waals surface area contributed by atoms with Gasteiger partial charge in [0.15, 0.2) is 0 Å². The molecule has 5 nitrogen and oxygen atoms in total. The molecule has 0 spiro atoms. The summed E-state index contributed by atoms with van der Waals surface area (Å²) in [5, 5.41) is 0. The van der Waals surface area contributed by atoms with Crippen LogP contribution in [0.3, 0.4) is 0 Å². The minimum absolute atomic E-state index is 0.163. The summed E-state index contributed by atoms with van der Waals surface area (Å²) in [5.41, 5.74) is 2.98. The summed E-state index contributed by atoms with van der Waals surface area (Å²) in [6.45, 7) is 8.07. The van der Waals surface area contributed by atoms with Gasteiger partial charge in [0.25, 0.3) is 0 Å². The number of amides is 1. The second kappa shape index (κ2) is 7.85. The number of fused-ring (bicyclic) bond motifs is 1. The molecule has 0 bridgehead atoms. The fourth-order valence-corrected chi connectivity index (χ4v) is 4.64. The molecule has 27 heavy (non-hydrogen) atoms. The van der Waals surface area contributed by atoms with Gasteiger partial charge in [0.2, 0.25) is 5.91 Å². The van der Waals surface area contributed by atoms with E-state index in [0.29, 0.717) is 12.5 Å². The highest BCUT2D eigenvalue weighted by atomic mass is 16.2. The number of benzene rings is 1. The number of rotatable bonds is 4. The first kappa shape index (κ1) is 18.2. The predicted octanol–water partition coefficient (Wildman–Crippen LogP) is 3.19. The van der Waals surface area contributed by atoms with E-state index in [0.717, 1.165) is 51.3 Å². The van der Waals surface area contributed by atoms with Gasteiger partial charge in [-0.1, -0.05) is 24.3 Å². The number of aromatic nitrogens is 2. The number of imidazole rings is 1. The lowest BCUT2D eigenvalue weighted by Crippen LogP contribution is -2.48. The smallest absolute Gasteiger partial charge is 0.224 e. The molecule has 0 N–H and O–H groups in total. The van der Waals surface area contributed by atoms with Gasteiger partial charge in [-0.2, -0.15) is 0 Å². The highest BCUT2D eigenvalue weighted by Gasteiger charge is 2.29. The lowest BCUT2D eigenvalue weighted by Gasteiger charge is -2.41. The van der Waals surface area contributed by atoms with Crippen LogP contribution in [0.15, 0.2) is 36.7 Å². The molecule has 0 radical (unpaired) electrons. The summed E-state index contributed by atoms with van der Waals surface area (Å²) in [5.74, 6) is 1.25. The molecule has 1 amide bonds. The predicted molar refractivity (Wildman–Crippen MR) is 106 cm³/mol. The third-order valence-electron chi connectivity index (χ3n) is 6.30. The molecule has 1 aromatic heterocycles. The Kier molecular flexibility index (Phi) is 5.30. The topological polar surface area (TPSA) is 41.4 Å². The Balaban J connectivity index is 1.29. The Labute approximate surface area is 162 Å². The van der Waals surface area contributed by atoms with Crippen molar-refractivity contribution in [2.24, 2.45) is 0 Å². The van der Waals surface area contributed by atoms with Crippen molar-refractivity contribution in [1.82, 2.24) is 19.4 Å². The molecule has 3 heterocycles. The maximum atomic E-state index is 12.7. The van der Waals surface area contributed by atoms with E-state index in [1.165, 1.54) is 11.1 Å². The zero-order chi connectivity index (χ0) is 18.8. The standard InChI is InChI=1S/C22H30N4O/c1-17(26-14-10-23-18(26)2)15-22(27)24-12-8-21(9-13-24)25-11-7-19-5-3-4-6-20(19)16-25/h3-6,10,14,17,21H,7-9,11-13,15-16H2,1-2H3/t17-/m0/s1. The second-order valence-corrected chi connectivity index (χ2v) is 8.04. The van der Waals surface area contributed by atoms with E-state index in [-0.39, 0.29) is 11.9 Å². The summed E-state index contributed by atoms with van der Waals surface area (Å²) in [6.07, 6.45) is 7.65. The van der Waals surface area contributed by atoms with E-state index in [1.54, 1.807) is 6.20 Å². The van der Waals surface area contributed by atoms with Crippen LogP contribution in [-0.4, -0.2) is 50.9 Å². The number of nitrogens with zero attached hydrogens (tertiary/aromatic N) is 4. The highest BCUT2D eigenvalue weighted by molar-refractivity contribution is 5.76. The van der Waals surface area contributed by atoms with Crippen molar-refractivity contribution in [3.05, 3.63) is 53.6 Å².